The van der Waals surface area contributed by atoms with Crippen molar-refractivity contribution >= 4 is 5.97 Å². The largest absolute Gasteiger partial charge is 0.382 e. The van der Waals surface area contributed by atoms with Crippen molar-refractivity contribution < 1.29 is 19.3 Å². The van der Waals surface area contributed by atoms with Gasteiger partial charge in [0.2, 0.25) is 0 Å². The molecule has 0 spiro atoms. The lowest BCUT2D eigenvalue weighted by Crippen LogP contribution is -2.18. The van der Waals surface area contributed by atoms with Gasteiger partial charge in [0, 0.05) is 7.11 Å². The molecule has 1 aromatic rings. The average molecular weight is 252 g/mol. The van der Waals surface area contributed by atoms with Crippen LogP contribution in [0.15, 0.2) is 24.3 Å². The maximum atomic E-state index is 11.6. The first-order valence-electron chi connectivity index (χ1n) is 6.01. The molecule has 4 nitrogen and oxygen atoms in total. The Labute approximate surface area is 108 Å². The highest BCUT2D eigenvalue weighted by Gasteiger charge is 2.11. The molecule has 0 aromatic heterocycles. The molecule has 0 N–H and O–H groups in total. The minimum atomic E-state index is -0.492. The number of hydrogen-bond donors (Lipinski definition) is 0. The normalized spacial score (nSPS) is 12.5. The Hall–Kier alpha value is -1.39. The number of rotatable bonds is 6. The number of methoxy groups -OCH3 is 1. The summed E-state index contributed by atoms with van der Waals surface area (Å²) in [5.41, 5.74) is 1.66. The first kappa shape index (κ1) is 14.7. The van der Waals surface area contributed by atoms with Crippen LogP contribution in [0.25, 0.3) is 0 Å². The van der Waals surface area contributed by atoms with Crippen molar-refractivity contribution in [1.29, 1.82) is 0 Å². The molecule has 0 bridgehead atoms. The molecule has 1 atom stereocenters. The van der Waals surface area contributed by atoms with Gasteiger partial charge in [0.05, 0.1) is 12.2 Å². The Balaban J connectivity index is 2.51. The van der Waals surface area contributed by atoms with Gasteiger partial charge in [-0.15, -0.1) is 0 Å². The summed E-state index contributed by atoms with van der Waals surface area (Å²) in [6.07, 6.45) is -0.283. The fourth-order valence-electron chi connectivity index (χ4n) is 1.44. The summed E-state index contributed by atoms with van der Waals surface area (Å²) in [5, 5.41) is 0. The third-order valence-electron chi connectivity index (χ3n) is 2.50. The van der Waals surface area contributed by atoms with E-state index in [0.29, 0.717) is 18.1 Å². The molecule has 1 unspecified atom stereocenters. The highest BCUT2D eigenvalue weighted by molar-refractivity contribution is 5.88. The molecule has 0 amide bonds. The SMILES string of the molecule is COCC(C)OOC(=O)c1ccc(C(C)C)cc1. The molecular weight excluding hydrogens is 232 g/mol. The van der Waals surface area contributed by atoms with Crippen molar-refractivity contribution in [3.63, 3.8) is 0 Å². The monoisotopic (exact) mass is 252 g/mol. The van der Waals surface area contributed by atoms with Crippen LogP contribution >= 0.6 is 0 Å². The number of carbonyl (C=O) groups excluding carboxylic acids is 1. The van der Waals surface area contributed by atoms with Gasteiger partial charge in [-0.2, -0.15) is 4.89 Å². The van der Waals surface area contributed by atoms with Crippen LogP contribution in [0, 0.1) is 0 Å². The summed E-state index contributed by atoms with van der Waals surface area (Å²) in [6.45, 7) is 6.34. The molecule has 0 saturated carbocycles. The predicted molar refractivity (Wildman–Crippen MR) is 68.4 cm³/mol. The van der Waals surface area contributed by atoms with Crippen molar-refractivity contribution in [2.75, 3.05) is 13.7 Å². The van der Waals surface area contributed by atoms with E-state index in [1.165, 1.54) is 5.56 Å². The predicted octanol–water partition coefficient (Wildman–Crippen LogP) is 2.93. The Morgan fingerprint density at radius 1 is 1.17 bits per heavy atom. The van der Waals surface area contributed by atoms with Crippen LogP contribution < -0.4 is 0 Å². The smallest absolute Gasteiger partial charge is 0.373 e. The summed E-state index contributed by atoms with van der Waals surface area (Å²) >= 11 is 0. The Bertz CT molecular complexity index is 370. The van der Waals surface area contributed by atoms with Gasteiger partial charge in [-0.25, -0.2) is 4.79 Å². The molecular formula is C14H20O4. The zero-order valence-corrected chi connectivity index (χ0v) is 11.3. The molecule has 1 rings (SSSR count). The molecule has 0 aliphatic carbocycles. The third kappa shape index (κ3) is 4.47. The van der Waals surface area contributed by atoms with Crippen molar-refractivity contribution in [1.82, 2.24) is 0 Å². The zero-order valence-electron chi connectivity index (χ0n) is 11.3. The van der Waals surface area contributed by atoms with Gasteiger partial charge in [0.15, 0.2) is 0 Å². The number of hydrogen-bond acceptors (Lipinski definition) is 4. The number of benzene rings is 1. The van der Waals surface area contributed by atoms with E-state index in [1.807, 2.05) is 12.1 Å². The Kier molecular flexibility index (Phi) is 5.82. The maximum absolute atomic E-state index is 11.6. The van der Waals surface area contributed by atoms with Gasteiger partial charge in [0.25, 0.3) is 0 Å². The van der Waals surface area contributed by atoms with Gasteiger partial charge >= 0.3 is 5.97 Å². The highest BCUT2D eigenvalue weighted by Crippen LogP contribution is 2.15. The van der Waals surface area contributed by atoms with Crippen LogP contribution in [-0.2, 0) is 14.5 Å². The lowest BCUT2D eigenvalue weighted by Gasteiger charge is -2.10. The molecule has 100 valence electrons. The maximum Gasteiger partial charge on any atom is 0.373 e. The summed E-state index contributed by atoms with van der Waals surface area (Å²) in [6, 6.07) is 7.31. The van der Waals surface area contributed by atoms with Gasteiger partial charge in [-0.1, -0.05) is 26.0 Å². The van der Waals surface area contributed by atoms with E-state index in [9.17, 15) is 4.79 Å². The van der Waals surface area contributed by atoms with Gasteiger partial charge in [-0.05, 0) is 30.5 Å². The molecule has 1 aromatic carbocycles. The van der Waals surface area contributed by atoms with Crippen LogP contribution in [0.4, 0.5) is 0 Å². The van der Waals surface area contributed by atoms with E-state index in [4.69, 9.17) is 14.5 Å². The van der Waals surface area contributed by atoms with Gasteiger partial charge < -0.3 is 4.74 Å². The highest BCUT2D eigenvalue weighted by atomic mass is 17.2. The Morgan fingerprint density at radius 2 is 1.78 bits per heavy atom. The second-order valence-corrected chi connectivity index (χ2v) is 4.51. The molecule has 0 fully saturated rings. The molecule has 4 heteroatoms. The van der Waals surface area contributed by atoms with Crippen LogP contribution in [-0.4, -0.2) is 25.8 Å². The van der Waals surface area contributed by atoms with Crippen LogP contribution in [0.1, 0.15) is 42.6 Å². The van der Waals surface area contributed by atoms with Crippen molar-refractivity contribution in [3.8, 4) is 0 Å². The molecule has 0 aliphatic rings. The van der Waals surface area contributed by atoms with Crippen molar-refractivity contribution in [2.24, 2.45) is 0 Å². The van der Waals surface area contributed by atoms with E-state index >= 15 is 0 Å². The zero-order chi connectivity index (χ0) is 13.5. The lowest BCUT2D eigenvalue weighted by atomic mass is 10.0. The number of carbonyl (C=O) groups is 1. The van der Waals surface area contributed by atoms with Gasteiger partial charge in [0.1, 0.15) is 6.10 Å². The fourth-order valence-corrected chi connectivity index (χ4v) is 1.44. The molecule has 18 heavy (non-hydrogen) atoms. The lowest BCUT2D eigenvalue weighted by molar-refractivity contribution is -0.276. The topological polar surface area (TPSA) is 44.8 Å². The second-order valence-electron chi connectivity index (χ2n) is 4.51. The first-order valence-corrected chi connectivity index (χ1v) is 6.01. The minimum absolute atomic E-state index is 0.283. The van der Waals surface area contributed by atoms with E-state index in [-0.39, 0.29) is 6.10 Å². The summed E-state index contributed by atoms with van der Waals surface area (Å²) in [4.78, 5) is 21.3. The molecule has 0 aliphatic heterocycles. The standard InChI is InChI=1S/C14H20O4/c1-10(2)12-5-7-13(8-6-12)14(15)18-17-11(3)9-16-4/h5-8,10-11H,9H2,1-4H3. The van der Waals surface area contributed by atoms with Crippen LogP contribution in [0.5, 0.6) is 0 Å². The third-order valence-corrected chi connectivity index (χ3v) is 2.50. The van der Waals surface area contributed by atoms with E-state index in [1.54, 1.807) is 26.2 Å². The van der Waals surface area contributed by atoms with Crippen LogP contribution in [0.2, 0.25) is 0 Å². The summed E-state index contributed by atoms with van der Waals surface area (Å²) in [5.74, 6) is -0.0543. The summed E-state index contributed by atoms with van der Waals surface area (Å²) < 4.78 is 4.87. The molecule has 0 radical (unpaired) electrons. The molecule has 0 heterocycles. The van der Waals surface area contributed by atoms with E-state index in [2.05, 4.69) is 13.8 Å². The Morgan fingerprint density at radius 3 is 2.28 bits per heavy atom. The summed E-state index contributed by atoms with van der Waals surface area (Å²) in [7, 11) is 1.56. The van der Waals surface area contributed by atoms with Gasteiger partial charge in [-0.3, -0.25) is 4.89 Å². The average Bonchev–Trinajstić information content (AvgIpc) is 2.36. The van der Waals surface area contributed by atoms with E-state index < -0.39 is 5.97 Å². The first-order chi connectivity index (χ1) is 8.54. The second kappa shape index (κ2) is 7.13. The minimum Gasteiger partial charge on any atom is -0.382 e. The van der Waals surface area contributed by atoms with Crippen molar-refractivity contribution in [2.45, 2.75) is 32.8 Å². The van der Waals surface area contributed by atoms with E-state index in [0.717, 1.165) is 0 Å². The quantitative estimate of drug-likeness (QED) is 0.577. The van der Waals surface area contributed by atoms with Crippen LogP contribution in [0.3, 0.4) is 0 Å². The van der Waals surface area contributed by atoms with Crippen molar-refractivity contribution in [3.05, 3.63) is 35.4 Å². The fraction of sp³-hybridized carbons (Fsp3) is 0.500. The molecule has 0 saturated heterocycles. The number of ether oxygens (including phenoxy) is 1.